The monoisotopic (exact) mass is 339 g/mol. The summed E-state index contributed by atoms with van der Waals surface area (Å²) < 4.78 is 0. The number of nitrogens with zero attached hydrogens (tertiary/aromatic N) is 2. The lowest BCUT2D eigenvalue weighted by Gasteiger charge is -2.08. The lowest BCUT2D eigenvalue weighted by atomic mass is 10.1. The van der Waals surface area contributed by atoms with Gasteiger partial charge in [-0.1, -0.05) is 30.3 Å². The average molecular weight is 339 g/mol. The molecular weight excluding hydrogens is 322 g/mol. The summed E-state index contributed by atoms with van der Waals surface area (Å²) in [6, 6.07) is 13.2. The van der Waals surface area contributed by atoms with E-state index in [2.05, 4.69) is 15.3 Å². The summed E-state index contributed by atoms with van der Waals surface area (Å²) >= 11 is 1.48. The first-order valence-corrected chi connectivity index (χ1v) is 8.44. The molecule has 0 atom stereocenters. The second-order valence-electron chi connectivity index (χ2n) is 5.24. The number of rotatable bonds is 6. The number of aromatic nitrogens is 2. The maximum Gasteiger partial charge on any atom is 0.226 e. The van der Waals surface area contributed by atoms with Crippen molar-refractivity contribution >= 4 is 17.2 Å². The molecule has 0 saturated heterocycles. The van der Waals surface area contributed by atoms with Gasteiger partial charge >= 0.3 is 0 Å². The van der Waals surface area contributed by atoms with Crippen LogP contribution in [0.15, 0.2) is 54.0 Å². The van der Waals surface area contributed by atoms with Crippen molar-refractivity contribution in [1.29, 1.82) is 0 Å². The number of aliphatic hydroxyl groups is 1. The fraction of sp³-hybridized carbons (Fsp3) is 0.167. The maximum absolute atomic E-state index is 12.1. The van der Waals surface area contributed by atoms with E-state index in [-0.39, 0.29) is 18.9 Å². The minimum absolute atomic E-state index is 0.0361. The van der Waals surface area contributed by atoms with Gasteiger partial charge in [0, 0.05) is 18.1 Å². The highest BCUT2D eigenvalue weighted by Crippen LogP contribution is 2.21. The van der Waals surface area contributed by atoms with Crippen molar-refractivity contribution in [3.63, 3.8) is 0 Å². The molecule has 0 saturated carbocycles. The van der Waals surface area contributed by atoms with Crippen molar-refractivity contribution in [3.05, 3.63) is 70.9 Å². The van der Waals surface area contributed by atoms with Crippen molar-refractivity contribution in [2.45, 2.75) is 19.6 Å². The molecule has 0 radical (unpaired) electrons. The van der Waals surface area contributed by atoms with Gasteiger partial charge in [-0.15, -0.1) is 11.3 Å². The van der Waals surface area contributed by atoms with E-state index >= 15 is 0 Å². The van der Waals surface area contributed by atoms with Gasteiger partial charge in [-0.25, -0.2) is 4.98 Å². The van der Waals surface area contributed by atoms with E-state index in [0.717, 1.165) is 27.5 Å². The predicted octanol–water partition coefficient (Wildman–Crippen LogP) is 2.56. The fourth-order valence-electron chi connectivity index (χ4n) is 2.30. The first-order valence-electron chi connectivity index (χ1n) is 7.56. The molecule has 0 aliphatic heterocycles. The Bertz CT molecular complexity index is 818. The number of amides is 1. The Morgan fingerprint density at radius 3 is 2.67 bits per heavy atom. The Morgan fingerprint density at radius 2 is 1.92 bits per heavy atom. The van der Waals surface area contributed by atoms with Crippen LogP contribution >= 0.6 is 11.3 Å². The smallest absolute Gasteiger partial charge is 0.226 e. The number of aliphatic hydroxyl groups excluding tert-OH is 1. The van der Waals surface area contributed by atoms with Gasteiger partial charge in [0.05, 0.1) is 24.4 Å². The zero-order valence-corrected chi connectivity index (χ0v) is 13.8. The molecule has 3 rings (SSSR count). The third-order valence-corrected chi connectivity index (χ3v) is 4.46. The van der Waals surface area contributed by atoms with Gasteiger partial charge < -0.3 is 10.4 Å². The topological polar surface area (TPSA) is 75.1 Å². The molecule has 122 valence electrons. The zero-order valence-electron chi connectivity index (χ0n) is 13.0. The normalized spacial score (nSPS) is 10.5. The number of nitrogens with one attached hydrogen (secondary N) is 1. The van der Waals surface area contributed by atoms with Crippen LogP contribution in [0.3, 0.4) is 0 Å². The molecule has 0 aliphatic carbocycles. The second kappa shape index (κ2) is 7.81. The Kier molecular flexibility index (Phi) is 5.30. The van der Waals surface area contributed by atoms with Gasteiger partial charge in [-0.05, 0) is 23.3 Å². The molecule has 1 aromatic carbocycles. The number of carbonyl (C=O) groups is 1. The standard InChI is InChI=1S/C18H17N3O2S/c22-11-14-6-2-1-5-13(14)10-20-17(23)9-15-12-24-18(21-15)16-7-3-4-8-19-16/h1-8,12,22H,9-11H2,(H,20,23). The number of pyridine rings is 1. The average Bonchev–Trinajstić information content (AvgIpc) is 3.09. The van der Waals surface area contributed by atoms with E-state index in [1.165, 1.54) is 11.3 Å². The van der Waals surface area contributed by atoms with Crippen LogP contribution in [0.1, 0.15) is 16.8 Å². The SMILES string of the molecule is O=C(Cc1csc(-c2ccccn2)n1)NCc1ccccc1CO. The van der Waals surface area contributed by atoms with Crippen molar-refractivity contribution < 1.29 is 9.90 Å². The van der Waals surface area contributed by atoms with E-state index in [9.17, 15) is 9.90 Å². The summed E-state index contributed by atoms with van der Waals surface area (Å²) in [7, 11) is 0. The summed E-state index contributed by atoms with van der Waals surface area (Å²) in [5, 5.41) is 14.9. The molecule has 0 aliphatic rings. The number of hydrogen-bond acceptors (Lipinski definition) is 5. The summed E-state index contributed by atoms with van der Waals surface area (Å²) in [6.45, 7) is 0.359. The van der Waals surface area contributed by atoms with Crippen LogP contribution in [0.25, 0.3) is 10.7 Å². The second-order valence-corrected chi connectivity index (χ2v) is 6.10. The van der Waals surface area contributed by atoms with Gasteiger partial charge in [0.2, 0.25) is 5.91 Å². The molecule has 0 fully saturated rings. The van der Waals surface area contributed by atoms with E-state index in [0.29, 0.717) is 6.54 Å². The van der Waals surface area contributed by atoms with Crippen LogP contribution in [0.5, 0.6) is 0 Å². The molecular formula is C18H17N3O2S. The highest BCUT2D eigenvalue weighted by Gasteiger charge is 2.10. The fourth-order valence-corrected chi connectivity index (χ4v) is 3.10. The molecule has 1 amide bonds. The zero-order chi connectivity index (χ0) is 16.8. The van der Waals surface area contributed by atoms with Crippen molar-refractivity contribution in [2.24, 2.45) is 0 Å². The predicted molar refractivity (Wildman–Crippen MR) is 93.3 cm³/mol. The maximum atomic E-state index is 12.1. The summed E-state index contributed by atoms with van der Waals surface area (Å²) in [5.74, 6) is -0.0967. The molecule has 2 heterocycles. The highest BCUT2D eigenvalue weighted by molar-refractivity contribution is 7.13. The Balaban J connectivity index is 1.58. The Hall–Kier alpha value is -2.57. The van der Waals surface area contributed by atoms with E-state index < -0.39 is 0 Å². The molecule has 3 aromatic rings. The Morgan fingerprint density at radius 1 is 1.12 bits per heavy atom. The van der Waals surface area contributed by atoms with Crippen molar-refractivity contribution in [3.8, 4) is 10.7 Å². The molecule has 5 nitrogen and oxygen atoms in total. The quantitative estimate of drug-likeness (QED) is 0.724. The van der Waals surface area contributed by atoms with Crippen molar-refractivity contribution in [1.82, 2.24) is 15.3 Å². The summed E-state index contributed by atoms with van der Waals surface area (Å²) in [6.07, 6.45) is 1.95. The summed E-state index contributed by atoms with van der Waals surface area (Å²) in [5.41, 5.74) is 3.28. The lowest BCUT2D eigenvalue weighted by Crippen LogP contribution is -2.25. The van der Waals surface area contributed by atoms with E-state index in [1.807, 2.05) is 47.8 Å². The van der Waals surface area contributed by atoms with E-state index in [1.54, 1.807) is 6.20 Å². The van der Waals surface area contributed by atoms with Crippen LogP contribution < -0.4 is 5.32 Å². The number of carbonyl (C=O) groups excluding carboxylic acids is 1. The van der Waals surface area contributed by atoms with Crippen LogP contribution in [-0.4, -0.2) is 21.0 Å². The van der Waals surface area contributed by atoms with Crippen LogP contribution in [-0.2, 0) is 24.4 Å². The summed E-state index contributed by atoms with van der Waals surface area (Å²) in [4.78, 5) is 20.8. The first kappa shape index (κ1) is 16.3. The molecule has 2 aromatic heterocycles. The van der Waals surface area contributed by atoms with E-state index in [4.69, 9.17) is 0 Å². The largest absolute Gasteiger partial charge is 0.392 e. The van der Waals surface area contributed by atoms with Gasteiger partial charge in [-0.2, -0.15) is 0 Å². The van der Waals surface area contributed by atoms with Gasteiger partial charge in [-0.3, -0.25) is 9.78 Å². The molecule has 0 unspecified atom stereocenters. The van der Waals surface area contributed by atoms with Crippen LogP contribution in [0, 0.1) is 0 Å². The first-order chi connectivity index (χ1) is 11.8. The van der Waals surface area contributed by atoms with Crippen molar-refractivity contribution in [2.75, 3.05) is 0 Å². The molecule has 0 bridgehead atoms. The minimum Gasteiger partial charge on any atom is -0.392 e. The Labute approximate surface area is 144 Å². The number of hydrogen-bond donors (Lipinski definition) is 2. The third kappa shape index (κ3) is 4.04. The molecule has 2 N–H and O–H groups in total. The molecule has 24 heavy (non-hydrogen) atoms. The van der Waals surface area contributed by atoms with Gasteiger partial charge in [0.25, 0.3) is 0 Å². The van der Waals surface area contributed by atoms with Crippen LogP contribution in [0.4, 0.5) is 0 Å². The molecule has 6 heteroatoms. The number of thiazole rings is 1. The minimum atomic E-state index is -0.0967. The third-order valence-electron chi connectivity index (χ3n) is 3.54. The van der Waals surface area contributed by atoms with Gasteiger partial charge in [0.15, 0.2) is 0 Å². The lowest BCUT2D eigenvalue weighted by molar-refractivity contribution is -0.120. The van der Waals surface area contributed by atoms with Gasteiger partial charge in [0.1, 0.15) is 5.01 Å². The number of benzene rings is 1. The highest BCUT2D eigenvalue weighted by atomic mass is 32.1. The van der Waals surface area contributed by atoms with Crippen LogP contribution in [0.2, 0.25) is 0 Å². The molecule has 0 spiro atoms.